The summed E-state index contributed by atoms with van der Waals surface area (Å²) >= 11 is 0. The van der Waals surface area contributed by atoms with Gasteiger partial charge in [0.2, 0.25) is 5.78 Å². The summed E-state index contributed by atoms with van der Waals surface area (Å²) < 4.78 is 0. The van der Waals surface area contributed by atoms with E-state index in [0.717, 1.165) is 11.1 Å². The van der Waals surface area contributed by atoms with Crippen molar-refractivity contribution < 1.29 is 14.4 Å². The summed E-state index contributed by atoms with van der Waals surface area (Å²) in [5, 5.41) is 0. The molecule has 0 aliphatic carbocycles. The molecule has 0 aromatic heterocycles. The molecule has 1 saturated heterocycles. The van der Waals surface area contributed by atoms with E-state index in [9.17, 15) is 14.4 Å². The SMILES string of the molecule is Cc1ccc(C(=O)C2C(=O)C(=O)N(CC(C)C)C2c2ccc(C(C)C)cc2)cc1. The largest absolute Gasteiger partial charge is 0.328 e. The van der Waals surface area contributed by atoms with Crippen LogP contribution in [0.4, 0.5) is 0 Å². The minimum Gasteiger partial charge on any atom is -0.328 e. The second-order valence-corrected chi connectivity index (χ2v) is 8.69. The van der Waals surface area contributed by atoms with Crippen LogP contribution in [0.15, 0.2) is 48.5 Å². The van der Waals surface area contributed by atoms with Crippen LogP contribution in [-0.2, 0) is 9.59 Å². The van der Waals surface area contributed by atoms with E-state index in [1.807, 2.05) is 57.2 Å². The predicted molar refractivity (Wildman–Crippen MR) is 114 cm³/mol. The number of rotatable bonds is 6. The first kappa shape index (κ1) is 21.0. The lowest BCUT2D eigenvalue weighted by atomic mass is 9.85. The number of likely N-dealkylation sites (tertiary alicyclic amines) is 1. The molecule has 29 heavy (non-hydrogen) atoms. The zero-order valence-corrected chi connectivity index (χ0v) is 17.8. The van der Waals surface area contributed by atoms with E-state index >= 15 is 0 Å². The van der Waals surface area contributed by atoms with Crippen molar-refractivity contribution in [3.63, 3.8) is 0 Å². The molecule has 2 unspecified atom stereocenters. The van der Waals surface area contributed by atoms with E-state index in [1.165, 1.54) is 5.56 Å². The normalized spacial score (nSPS) is 19.5. The summed E-state index contributed by atoms with van der Waals surface area (Å²) in [7, 11) is 0. The summed E-state index contributed by atoms with van der Waals surface area (Å²) in [4.78, 5) is 40.6. The Morgan fingerprint density at radius 1 is 0.931 bits per heavy atom. The number of Topliss-reactive ketones (excluding diaryl/α,β-unsaturated/α-hetero) is 2. The highest BCUT2D eigenvalue weighted by molar-refractivity contribution is 6.44. The maximum Gasteiger partial charge on any atom is 0.291 e. The summed E-state index contributed by atoms with van der Waals surface area (Å²) in [6.07, 6.45) is 0. The quantitative estimate of drug-likeness (QED) is 0.406. The van der Waals surface area contributed by atoms with Gasteiger partial charge in [-0.05, 0) is 29.9 Å². The molecule has 2 aromatic carbocycles. The van der Waals surface area contributed by atoms with E-state index in [-0.39, 0.29) is 11.7 Å². The van der Waals surface area contributed by atoms with Gasteiger partial charge in [-0.3, -0.25) is 14.4 Å². The van der Waals surface area contributed by atoms with Gasteiger partial charge in [0.25, 0.3) is 5.91 Å². The molecule has 0 radical (unpaired) electrons. The fourth-order valence-electron chi connectivity index (χ4n) is 3.92. The number of ketones is 2. The number of carbonyl (C=O) groups excluding carboxylic acids is 3. The minimum atomic E-state index is -1.01. The Balaban J connectivity index is 2.05. The van der Waals surface area contributed by atoms with Crippen molar-refractivity contribution >= 4 is 17.5 Å². The summed E-state index contributed by atoms with van der Waals surface area (Å²) in [5.74, 6) is -1.87. The summed E-state index contributed by atoms with van der Waals surface area (Å²) in [5.41, 5.74) is 3.52. The average molecular weight is 392 g/mol. The van der Waals surface area contributed by atoms with Gasteiger partial charge in [0.15, 0.2) is 5.78 Å². The van der Waals surface area contributed by atoms with E-state index in [0.29, 0.717) is 18.0 Å². The van der Waals surface area contributed by atoms with Gasteiger partial charge in [0, 0.05) is 12.1 Å². The number of nitrogens with zero attached hydrogens (tertiary/aromatic N) is 1. The van der Waals surface area contributed by atoms with Gasteiger partial charge >= 0.3 is 0 Å². The molecule has 0 spiro atoms. The Hall–Kier alpha value is -2.75. The molecule has 1 aliphatic rings. The number of aryl methyl sites for hydroxylation is 1. The van der Waals surface area contributed by atoms with Crippen molar-refractivity contribution in [1.82, 2.24) is 4.90 Å². The first-order valence-corrected chi connectivity index (χ1v) is 10.3. The van der Waals surface area contributed by atoms with Crippen LogP contribution in [0, 0.1) is 18.8 Å². The van der Waals surface area contributed by atoms with Crippen LogP contribution in [0.2, 0.25) is 0 Å². The molecule has 0 saturated carbocycles. The highest BCUT2D eigenvalue weighted by atomic mass is 16.2. The molecule has 1 fully saturated rings. The standard InChI is InChI=1S/C25H29NO3/c1-15(2)14-26-22(19-12-10-18(11-13-19)16(3)4)21(24(28)25(26)29)23(27)20-8-6-17(5)7-9-20/h6-13,15-16,21-22H,14H2,1-5H3. The predicted octanol–water partition coefficient (Wildman–Crippen LogP) is 4.73. The van der Waals surface area contributed by atoms with Crippen molar-refractivity contribution in [2.45, 2.75) is 46.6 Å². The zero-order chi connectivity index (χ0) is 21.3. The molecule has 1 heterocycles. The third kappa shape index (κ3) is 4.16. The van der Waals surface area contributed by atoms with Gasteiger partial charge in [-0.15, -0.1) is 0 Å². The summed E-state index contributed by atoms with van der Waals surface area (Å²) in [6, 6.07) is 14.6. The zero-order valence-electron chi connectivity index (χ0n) is 17.8. The molecule has 2 aromatic rings. The van der Waals surface area contributed by atoms with Crippen LogP contribution in [0.25, 0.3) is 0 Å². The van der Waals surface area contributed by atoms with Crippen LogP contribution in [0.1, 0.15) is 66.7 Å². The molecule has 4 heteroatoms. The Morgan fingerprint density at radius 2 is 1.52 bits per heavy atom. The number of hydrogen-bond donors (Lipinski definition) is 0. The van der Waals surface area contributed by atoms with Crippen molar-refractivity contribution in [1.29, 1.82) is 0 Å². The highest BCUT2D eigenvalue weighted by Crippen LogP contribution is 2.39. The van der Waals surface area contributed by atoms with Crippen LogP contribution < -0.4 is 0 Å². The van der Waals surface area contributed by atoms with Crippen molar-refractivity contribution in [3.05, 3.63) is 70.8 Å². The molecule has 0 N–H and O–H groups in total. The molecular weight excluding hydrogens is 362 g/mol. The maximum atomic E-state index is 13.3. The second kappa shape index (κ2) is 8.32. The van der Waals surface area contributed by atoms with E-state index in [4.69, 9.17) is 0 Å². The van der Waals surface area contributed by atoms with Gasteiger partial charge in [0.1, 0.15) is 5.92 Å². The topological polar surface area (TPSA) is 54.5 Å². The number of hydrogen-bond acceptors (Lipinski definition) is 3. The maximum absolute atomic E-state index is 13.3. The molecular formula is C25H29NO3. The Kier molecular flexibility index (Phi) is 6.02. The highest BCUT2D eigenvalue weighted by Gasteiger charge is 2.51. The molecule has 3 rings (SSSR count). The van der Waals surface area contributed by atoms with Gasteiger partial charge in [-0.2, -0.15) is 0 Å². The van der Waals surface area contributed by atoms with Gasteiger partial charge in [-0.1, -0.05) is 81.8 Å². The van der Waals surface area contributed by atoms with Gasteiger partial charge in [-0.25, -0.2) is 0 Å². The lowest BCUT2D eigenvalue weighted by Crippen LogP contribution is -2.33. The molecule has 2 atom stereocenters. The average Bonchev–Trinajstić information content (AvgIpc) is 2.92. The second-order valence-electron chi connectivity index (χ2n) is 8.69. The van der Waals surface area contributed by atoms with Crippen LogP contribution in [0.3, 0.4) is 0 Å². The lowest BCUT2D eigenvalue weighted by Gasteiger charge is -2.29. The van der Waals surface area contributed by atoms with Crippen molar-refractivity contribution in [2.75, 3.05) is 6.54 Å². The number of amides is 1. The summed E-state index contributed by atoms with van der Waals surface area (Å²) in [6.45, 7) is 10.6. The molecule has 1 aliphatic heterocycles. The molecule has 1 amide bonds. The van der Waals surface area contributed by atoms with Gasteiger partial charge < -0.3 is 4.90 Å². The van der Waals surface area contributed by atoms with Crippen LogP contribution >= 0.6 is 0 Å². The van der Waals surface area contributed by atoms with Gasteiger partial charge in [0.05, 0.1) is 6.04 Å². The molecule has 0 bridgehead atoms. The lowest BCUT2D eigenvalue weighted by molar-refractivity contribution is -0.141. The Labute approximate surface area is 172 Å². The third-order valence-electron chi connectivity index (χ3n) is 5.53. The monoisotopic (exact) mass is 391 g/mol. The minimum absolute atomic E-state index is 0.192. The van der Waals surface area contributed by atoms with Crippen molar-refractivity contribution in [2.24, 2.45) is 11.8 Å². The fraction of sp³-hybridized carbons (Fsp3) is 0.400. The molecule has 152 valence electrons. The number of carbonyl (C=O) groups is 3. The van der Waals surface area contributed by atoms with Crippen molar-refractivity contribution in [3.8, 4) is 0 Å². The Bertz CT molecular complexity index is 910. The van der Waals surface area contributed by atoms with Crippen LogP contribution in [-0.4, -0.2) is 28.9 Å². The number of benzene rings is 2. The van der Waals surface area contributed by atoms with E-state index in [1.54, 1.807) is 17.0 Å². The first-order valence-electron chi connectivity index (χ1n) is 10.3. The molecule has 4 nitrogen and oxygen atoms in total. The fourth-order valence-corrected chi connectivity index (χ4v) is 3.92. The van der Waals surface area contributed by atoms with E-state index in [2.05, 4.69) is 13.8 Å². The van der Waals surface area contributed by atoms with E-state index < -0.39 is 23.7 Å². The first-order chi connectivity index (χ1) is 13.7. The van der Waals surface area contributed by atoms with Crippen LogP contribution in [0.5, 0.6) is 0 Å². The third-order valence-corrected chi connectivity index (χ3v) is 5.53. The Morgan fingerprint density at radius 3 is 2.03 bits per heavy atom. The smallest absolute Gasteiger partial charge is 0.291 e.